The van der Waals surface area contributed by atoms with Gasteiger partial charge in [0.2, 0.25) is 0 Å². The first-order chi connectivity index (χ1) is 16.5. The van der Waals surface area contributed by atoms with E-state index in [1.54, 1.807) is 12.3 Å². The van der Waals surface area contributed by atoms with Crippen LogP contribution >= 0.6 is 23.2 Å². The topological polar surface area (TPSA) is 68.5 Å². The minimum atomic E-state index is -0.375. The van der Waals surface area contributed by atoms with Crippen LogP contribution in [-0.4, -0.2) is 36.3 Å². The smallest absolute Gasteiger partial charge is 0.339 e. The third-order valence-corrected chi connectivity index (χ3v) is 7.10. The SMILES string of the molecule is COC(=O)c1ccc(N2CCC(/C=C/c3c(-c4c(Cl)cccc4Cl)noc3C3CC3)CC2)nc1. The number of benzene rings is 1. The Morgan fingerprint density at radius 2 is 1.85 bits per heavy atom. The molecule has 0 atom stereocenters. The monoisotopic (exact) mass is 497 g/mol. The van der Waals surface area contributed by atoms with E-state index in [9.17, 15) is 4.79 Å². The highest BCUT2D eigenvalue weighted by molar-refractivity contribution is 6.39. The average Bonchev–Trinajstić information content (AvgIpc) is 3.63. The molecule has 1 aromatic carbocycles. The Morgan fingerprint density at radius 1 is 1.12 bits per heavy atom. The van der Waals surface area contributed by atoms with Gasteiger partial charge in [0.05, 0.1) is 22.7 Å². The Bertz CT molecular complexity index is 1190. The van der Waals surface area contributed by atoms with Gasteiger partial charge in [-0.3, -0.25) is 0 Å². The number of hydrogen-bond acceptors (Lipinski definition) is 6. The molecule has 0 bridgehead atoms. The molecule has 0 radical (unpaired) electrons. The molecular formula is C26H25Cl2N3O3. The number of rotatable bonds is 6. The Hall–Kier alpha value is -2.83. The summed E-state index contributed by atoms with van der Waals surface area (Å²) in [5, 5.41) is 5.50. The van der Waals surface area contributed by atoms with E-state index in [-0.39, 0.29) is 5.97 Å². The summed E-state index contributed by atoms with van der Waals surface area (Å²) in [6, 6.07) is 9.11. The molecule has 1 aliphatic carbocycles. The van der Waals surface area contributed by atoms with Gasteiger partial charge in [-0.25, -0.2) is 9.78 Å². The molecule has 6 nitrogen and oxygen atoms in total. The van der Waals surface area contributed by atoms with Gasteiger partial charge < -0.3 is 14.2 Å². The molecular weight excluding hydrogens is 473 g/mol. The highest BCUT2D eigenvalue weighted by Crippen LogP contribution is 2.46. The van der Waals surface area contributed by atoms with Gasteiger partial charge in [0.1, 0.15) is 17.3 Å². The summed E-state index contributed by atoms with van der Waals surface area (Å²) in [6.45, 7) is 1.78. The number of piperidine rings is 1. The number of carbonyl (C=O) groups is 1. The van der Waals surface area contributed by atoms with E-state index >= 15 is 0 Å². The Balaban J connectivity index is 1.30. The number of allylic oxidation sites excluding steroid dienone is 1. The van der Waals surface area contributed by atoms with Crippen LogP contribution < -0.4 is 4.90 Å². The summed E-state index contributed by atoms with van der Waals surface area (Å²) in [5.74, 6) is 2.28. The van der Waals surface area contributed by atoms with Crippen molar-refractivity contribution in [2.75, 3.05) is 25.1 Å². The quantitative estimate of drug-likeness (QED) is 0.355. The van der Waals surface area contributed by atoms with Crippen molar-refractivity contribution in [1.29, 1.82) is 0 Å². The van der Waals surface area contributed by atoms with Gasteiger partial charge in [0.25, 0.3) is 0 Å². The zero-order chi connectivity index (χ0) is 23.7. The van der Waals surface area contributed by atoms with Crippen molar-refractivity contribution in [2.24, 2.45) is 5.92 Å². The van der Waals surface area contributed by atoms with E-state index in [0.29, 0.717) is 33.1 Å². The second kappa shape index (κ2) is 9.80. The van der Waals surface area contributed by atoms with Crippen LogP contribution in [0.15, 0.2) is 47.1 Å². The summed E-state index contributed by atoms with van der Waals surface area (Å²) in [6.07, 6.45) is 10.2. The molecule has 3 heterocycles. The van der Waals surface area contributed by atoms with E-state index in [4.69, 9.17) is 32.5 Å². The summed E-state index contributed by atoms with van der Waals surface area (Å²) in [5.41, 5.74) is 2.87. The fraction of sp³-hybridized carbons (Fsp3) is 0.346. The van der Waals surface area contributed by atoms with Crippen molar-refractivity contribution < 1.29 is 14.1 Å². The van der Waals surface area contributed by atoms with Gasteiger partial charge in [-0.05, 0) is 55.9 Å². The van der Waals surface area contributed by atoms with Crippen LogP contribution in [0.1, 0.15) is 53.3 Å². The minimum absolute atomic E-state index is 0.375. The van der Waals surface area contributed by atoms with Crippen LogP contribution in [0.2, 0.25) is 10.0 Å². The summed E-state index contributed by atoms with van der Waals surface area (Å²) >= 11 is 12.9. The third-order valence-electron chi connectivity index (χ3n) is 6.47. The second-order valence-corrected chi connectivity index (χ2v) is 9.57. The van der Waals surface area contributed by atoms with Crippen molar-refractivity contribution in [1.82, 2.24) is 10.1 Å². The molecule has 2 fully saturated rings. The fourth-order valence-electron chi connectivity index (χ4n) is 4.38. The molecule has 0 spiro atoms. The van der Waals surface area contributed by atoms with Gasteiger partial charge in [-0.1, -0.05) is 46.6 Å². The number of carbonyl (C=O) groups excluding carboxylic acids is 1. The van der Waals surface area contributed by atoms with Gasteiger partial charge >= 0.3 is 5.97 Å². The van der Waals surface area contributed by atoms with Gasteiger partial charge in [0, 0.05) is 36.3 Å². The molecule has 176 valence electrons. The Kier molecular flexibility index (Phi) is 6.61. The summed E-state index contributed by atoms with van der Waals surface area (Å²) in [7, 11) is 1.37. The highest BCUT2D eigenvalue weighted by Gasteiger charge is 2.32. The highest BCUT2D eigenvalue weighted by atomic mass is 35.5. The lowest BCUT2D eigenvalue weighted by Gasteiger charge is -2.31. The van der Waals surface area contributed by atoms with Crippen molar-refractivity contribution in [3.8, 4) is 11.3 Å². The second-order valence-electron chi connectivity index (χ2n) is 8.76. The minimum Gasteiger partial charge on any atom is -0.465 e. The Morgan fingerprint density at radius 3 is 2.47 bits per heavy atom. The fourth-order valence-corrected chi connectivity index (χ4v) is 4.96. The largest absolute Gasteiger partial charge is 0.465 e. The molecule has 0 amide bonds. The lowest BCUT2D eigenvalue weighted by Crippen LogP contribution is -2.33. The van der Waals surface area contributed by atoms with Gasteiger partial charge in [-0.15, -0.1) is 0 Å². The summed E-state index contributed by atoms with van der Waals surface area (Å²) in [4.78, 5) is 18.3. The number of hydrogen-bond donors (Lipinski definition) is 0. The number of pyridine rings is 1. The van der Waals surface area contributed by atoms with Gasteiger partial charge in [-0.2, -0.15) is 0 Å². The predicted octanol–water partition coefficient (Wildman–Crippen LogP) is 6.64. The molecule has 2 aliphatic rings. The Labute approximate surface area is 208 Å². The number of anilines is 1. The van der Waals surface area contributed by atoms with Crippen LogP contribution in [0.5, 0.6) is 0 Å². The maximum atomic E-state index is 11.6. The molecule has 1 aliphatic heterocycles. The zero-order valence-corrected chi connectivity index (χ0v) is 20.4. The number of methoxy groups -OCH3 is 1. The van der Waals surface area contributed by atoms with Crippen LogP contribution in [-0.2, 0) is 4.74 Å². The number of esters is 1. The van der Waals surface area contributed by atoms with Crippen molar-refractivity contribution in [3.63, 3.8) is 0 Å². The molecule has 1 saturated heterocycles. The number of aromatic nitrogens is 2. The van der Waals surface area contributed by atoms with E-state index in [0.717, 1.165) is 61.5 Å². The first-order valence-corrected chi connectivity index (χ1v) is 12.2. The predicted molar refractivity (Wildman–Crippen MR) is 133 cm³/mol. The van der Waals surface area contributed by atoms with E-state index in [1.165, 1.54) is 7.11 Å². The van der Waals surface area contributed by atoms with E-state index < -0.39 is 0 Å². The van der Waals surface area contributed by atoms with Crippen molar-refractivity contribution in [2.45, 2.75) is 31.6 Å². The van der Waals surface area contributed by atoms with E-state index in [2.05, 4.69) is 27.2 Å². The third kappa shape index (κ3) is 4.70. The molecule has 0 N–H and O–H groups in total. The summed E-state index contributed by atoms with van der Waals surface area (Å²) < 4.78 is 10.5. The molecule has 2 aromatic heterocycles. The molecule has 8 heteroatoms. The molecule has 5 rings (SSSR count). The number of nitrogens with zero attached hydrogens (tertiary/aromatic N) is 3. The molecule has 3 aromatic rings. The van der Waals surface area contributed by atoms with Crippen LogP contribution in [0.25, 0.3) is 17.3 Å². The maximum absolute atomic E-state index is 11.6. The first kappa shape index (κ1) is 22.9. The molecule has 0 unspecified atom stereocenters. The lowest BCUT2D eigenvalue weighted by atomic mass is 9.94. The number of halogens is 2. The standard InChI is InChI=1S/C26H25Cl2N3O3/c1-33-26(32)18-8-10-22(29-15-18)31-13-11-16(12-14-31)5-9-19-24(30-34-25(19)17-6-7-17)23-20(27)3-2-4-21(23)28/h2-5,8-10,15-17H,6-7,11-14H2,1H3/b9-5+. The van der Waals surface area contributed by atoms with Gasteiger partial charge in [0.15, 0.2) is 0 Å². The zero-order valence-electron chi connectivity index (χ0n) is 18.8. The van der Waals surface area contributed by atoms with Crippen LogP contribution in [0, 0.1) is 5.92 Å². The maximum Gasteiger partial charge on any atom is 0.339 e. The van der Waals surface area contributed by atoms with Crippen LogP contribution in [0.4, 0.5) is 5.82 Å². The lowest BCUT2D eigenvalue weighted by molar-refractivity contribution is 0.0600. The normalized spacial score (nSPS) is 16.9. The molecule has 1 saturated carbocycles. The van der Waals surface area contributed by atoms with Crippen molar-refractivity contribution in [3.05, 3.63) is 69.5 Å². The number of ether oxygens (including phenoxy) is 1. The first-order valence-electron chi connectivity index (χ1n) is 11.5. The van der Waals surface area contributed by atoms with E-state index in [1.807, 2.05) is 24.3 Å². The average molecular weight is 498 g/mol. The van der Waals surface area contributed by atoms with Crippen molar-refractivity contribution >= 4 is 41.1 Å². The molecule has 34 heavy (non-hydrogen) atoms. The van der Waals surface area contributed by atoms with Crippen LogP contribution in [0.3, 0.4) is 0 Å².